The van der Waals surface area contributed by atoms with Crippen LogP contribution in [0.2, 0.25) is 0 Å². The number of benzene rings is 3. The first-order chi connectivity index (χ1) is 17.3. The predicted octanol–water partition coefficient (Wildman–Crippen LogP) is 3.72. The quantitative estimate of drug-likeness (QED) is 0.304. The number of non-ortho nitro benzene ring substituents is 1. The van der Waals surface area contributed by atoms with Crippen LogP contribution in [0.3, 0.4) is 0 Å². The first kappa shape index (κ1) is 25.7. The Bertz CT molecular complexity index is 1280. The smallest absolute Gasteiger partial charge is 0.269 e. The maximum Gasteiger partial charge on any atom is 0.269 e. The van der Waals surface area contributed by atoms with E-state index < -0.39 is 22.6 Å². The van der Waals surface area contributed by atoms with E-state index in [0.717, 1.165) is 0 Å². The minimum Gasteiger partial charge on any atom is -0.490 e. The third kappa shape index (κ3) is 6.56. The molecule has 0 unspecified atom stereocenters. The number of hydrogen-bond acceptors (Lipinski definition) is 7. The summed E-state index contributed by atoms with van der Waals surface area (Å²) in [6.45, 7) is 4.47. The minimum atomic E-state index is -0.606. The lowest BCUT2D eigenvalue weighted by Crippen LogP contribution is -2.41. The third-order valence-electron chi connectivity index (χ3n) is 4.82. The summed E-state index contributed by atoms with van der Waals surface area (Å²) in [5.41, 5.74) is 5.51. The molecule has 0 spiro atoms. The molecule has 0 aliphatic carbocycles. The summed E-state index contributed by atoms with van der Waals surface area (Å²) in [5, 5.41) is 13.4. The number of nitrogens with zero attached hydrogens (tertiary/aromatic N) is 1. The Morgan fingerprint density at radius 3 is 1.94 bits per heavy atom. The van der Waals surface area contributed by atoms with E-state index in [1.54, 1.807) is 24.3 Å². The van der Waals surface area contributed by atoms with Crippen molar-refractivity contribution in [3.05, 3.63) is 93.5 Å². The average molecular weight is 492 g/mol. The number of hydrogen-bond donors (Lipinski definition) is 3. The maximum absolute atomic E-state index is 12.6. The Labute approximate surface area is 206 Å². The van der Waals surface area contributed by atoms with E-state index in [4.69, 9.17) is 9.47 Å². The molecule has 0 saturated heterocycles. The van der Waals surface area contributed by atoms with Crippen LogP contribution in [-0.4, -0.2) is 35.9 Å². The highest BCUT2D eigenvalue weighted by Gasteiger charge is 2.14. The predicted molar refractivity (Wildman–Crippen MR) is 131 cm³/mol. The van der Waals surface area contributed by atoms with Gasteiger partial charge in [0.1, 0.15) is 0 Å². The monoisotopic (exact) mass is 492 g/mol. The summed E-state index contributed by atoms with van der Waals surface area (Å²) >= 11 is 0. The molecule has 186 valence electrons. The van der Waals surface area contributed by atoms with Crippen LogP contribution in [0.25, 0.3) is 0 Å². The number of carbonyl (C=O) groups excluding carboxylic acids is 3. The summed E-state index contributed by atoms with van der Waals surface area (Å²) in [6, 6.07) is 15.9. The summed E-state index contributed by atoms with van der Waals surface area (Å²) in [7, 11) is 0. The highest BCUT2D eigenvalue weighted by atomic mass is 16.6. The van der Waals surface area contributed by atoms with Crippen LogP contribution in [0.1, 0.15) is 44.9 Å². The number of nitro groups is 1. The van der Waals surface area contributed by atoms with Crippen molar-refractivity contribution in [2.75, 3.05) is 18.5 Å². The average Bonchev–Trinajstić information content (AvgIpc) is 2.88. The van der Waals surface area contributed by atoms with E-state index >= 15 is 0 Å². The molecule has 3 amide bonds. The molecule has 0 atom stereocenters. The van der Waals surface area contributed by atoms with Gasteiger partial charge in [-0.15, -0.1) is 0 Å². The zero-order valence-corrected chi connectivity index (χ0v) is 19.6. The number of ether oxygens (including phenoxy) is 2. The molecule has 0 aliphatic heterocycles. The van der Waals surface area contributed by atoms with Gasteiger partial charge in [0, 0.05) is 34.5 Å². The summed E-state index contributed by atoms with van der Waals surface area (Å²) in [5.74, 6) is -0.751. The van der Waals surface area contributed by atoms with E-state index in [0.29, 0.717) is 30.4 Å². The van der Waals surface area contributed by atoms with Crippen molar-refractivity contribution in [2.45, 2.75) is 13.8 Å². The van der Waals surface area contributed by atoms with Crippen molar-refractivity contribution in [2.24, 2.45) is 0 Å². The van der Waals surface area contributed by atoms with Crippen molar-refractivity contribution in [1.82, 2.24) is 10.9 Å². The molecule has 3 rings (SSSR count). The molecule has 3 N–H and O–H groups in total. The number of hydrazine groups is 1. The van der Waals surface area contributed by atoms with Gasteiger partial charge in [0.15, 0.2) is 11.5 Å². The highest BCUT2D eigenvalue weighted by Crippen LogP contribution is 2.28. The van der Waals surface area contributed by atoms with Crippen molar-refractivity contribution in [3.63, 3.8) is 0 Å². The van der Waals surface area contributed by atoms with E-state index in [1.807, 2.05) is 13.8 Å². The van der Waals surface area contributed by atoms with Gasteiger partial charge < -0.3 is 14.8 Å². The van der Waals surface area contributed by atoms with Gasteiger partial charge >= 0.3 is 0 Å². The Hall–Kier alpha value is -4.93. The van der Waals surface area contributed by atoms with E-state index in [2.05, 4.69) is 16.2 Å². The molecule has 11 nitrogen and oxygen atoms in total. The lowest BCUT2D eigenvalue weighted by atomic mass is 10.1. The molecule has 3 aromatic carbocycles. The second kappa shape index (κ2) is 12.0. The molecule has 0 fully saturated rings. The Kier molecular flexibility index (Phi) is 8.54. The lowest BCUT2D eigenvalue weighted by Gasteiger charge is -2.13. The van der Waals surface area contributed by atoms with Crippen LogP contribution in [0.4, 0.5) is 11.4 Å². The summed E-state index contributed by atoms with van der Waals surface area (Å²) in [4.78, 5) is 47.7. The fraction of sp³-hybridized carbons (Fsp3) is 0.160. The van der Waals surface area contributed by atoms with Crippen molar-refractivity contribution < 1.29 is 28.8 Å². The first-order valence-electron chi connectivity index (χ1n) is 11.0. The molecule has 0 bridgehead atoms. The highest BCUT2D eigenvalue weighted by molar-refractivity contribution is 6.05. The number of anilines is 1. The molecule has 3 aromatic rings. The van der Waals surface area contributed by atoms with Crippen molar-refractivity contribution in [1.29, 1.82) is 0 Å². The fourth-order valence-electron chi connectivity index (χ4n) is 3.13. The molecular formula is C25H24N4O7. The number of amides is 3. The largest absolute Gasteiger partial charge is 0.490 e. The normalized spacial score (nSPS) is 10.2. The van der Waals surface area contributed by atoms with Crippen molar-refractivity contribution in [3.8, 4) is 11.5 Å². The molecule has 11 heteroatoms. The van der Waals surface area contributed by atoms with E-state index in [1.165, 1.54) is 42.5 Å². The molecule has 0 saturated carbocycles. The molecule has 36 heavy (non-hydrogen) atoms. The van der Waals surface area contributed by atoms with Gasteiger partial charge in [-0.05, 0) is 62.4 Å². The van der Waals surface area contributed by atoms with Crippen molar-refractivity contribution >= 4 is 29.1 Å². The second-order valence-corrected chi connectivity index (χ2v) is 7.27. The van der Waals surface area contributed by atoms with Crippen LogP contribution in [0, 0.1) is 10.1 Å². The Balaban J connectivity index is 1.62. The van der Waals surface area contributed by atoms with Crippen LogP contribution in [0.5, 0.6) is 11.5 Å². The number of carbonyl (C=O) groups is 3. The Morgan fingerprint density at radius 2 is 1.33 bits per heavy atom. The maximum atomic E-state index is 12.6. The molecule has 0 aromatic heterocycles. The van der Waals surface area contributed by atoms with Gasteiger partial charge in [-0.25, -0.2) is 0 Å². The van der Waals surface area contributed by atoms with Gasteiger partial charge in [0.25, 0.3) is 23.4 Å². The van der Waals surface area contributed by atoms with Crippen LogP contribution in [0.15, 0.2) is 66.7 Å². The SMILES string of the molecule is CCOc1ccc(C(=O)NNC(=O)c2cccc(NC(=O)c3ccc([N+](=O)[O-])cc3)c2)cc1OCC. The van der Waals surface area contributed by atoms with Gasteiger partial charge in [0.2, 0.25) is 0 Å². The fourth-order valence-corrected chi connectivity index (χ4v) is 3.13. The van der Waals surface area contributed by atoms with E-state index in [-0.39, 0.29) is 22.4 Å². The van der Waals surface area contributed by atoms with Gasteiger partial charge in [-0.2, -0.15) is 0 Å². The van der Waals surface area contributed by atoms with E-state index in [9.17, 15) is 24.5 Å². The number of nitrogens with one attached hydrogen (secondary N) is 3. The Morgan fingerprint density at radius 1 is 0.750 bits per heavy atom. The van der Waals surface area contributed by atoms with Gasteiger partial charge in [-0.3, -0.25) is 35.3 Å². The van der Waals surface area contributed by atoms with Gasteiger partial charge in [-0.1, -0.05) is 6.07 Å². The molecule has 0 radical (unpaired) electrons. The minimum absolute atomic E-state index is 0.133. The lowest BCUT2D eigenvalue weighted by molar-refractivity contribution is -0.384. The van der Waals surface area contributed by atoms with Crippen LogP contribution in [-0.2, 0) is 0 Å². The van der Waals surface area contributed by atoms with Gasteiger partial charge in [0.05, 0.1) is 18.1 Å². The van der Waals surface area contributed by atoms with Crippen LogP contribution >= 0.6 is 0 Å². The zero-order chi connectivity index (χ0) is 26.1. The number of nitro benzene ring substituents is 1. The first-order valence-corrected chi connectivity index (χ1v) is 11.0. The standard InChI is InChI=1S/C25H24N4O7/c1-3-35-21-13-10-18(15-22(21)36-4-2)25(32)28-27-24(31)17-6-5-7-19(14-17)26-23(30)16-8-11-20(12-9-16)29(33)34/h5-15H,3-4H2,1-2H3,(H,26,30)(H,27,31)(H,28,32). The summed E-state index contributed by atoms with van der Waals surface area (Å²) in [6.07, 6.45) is 0. The molecular weight excluding hydrogens is 468 g/mol. The second-order valence-electron chi connectivity index (χ2n) is 7.27. The zero-order valence-electron chi connectivity index (χ0n) is 19.6. The topological polar surface area (TPSA) is 149 Å². The summed E-state index contributed by atoms with van der Waals surface area (Å²) < 4.78 is 11.0. The number of rotatable bonds is 9. The van der Waals surface area contributed by atoms with Crippen LogP contribution < -0.4 is 25.6 Å². The molecule has 0 aliphatic rings. The third-order valence-corrected chi connectivity index (χ3v) is 4.82. The molecule has 0 heterocycles.